The SMILES string of the molecule is CCCCCCC(CCCCCN)N(CCCCCC)S(=O)(=O)c1cccc2cnccc12. The van der Waals surface area contributed by atoms with E-state index in [0.29, 0.717) is 18.0 Å². The molecule has 2 rings (SSSR count). The fourth-order valence-electron chi connectivity index (χ4n) is 4.58. The van der Waals surface area contributed by atoms with Gasteiger partial charge >= 0.3 is 0 Å². The molecule has 0 aliphatic carbocycles. The van der Waals surface area contributed by atoms with Crippen molar-refractivity contribution >= 4 is 20.8 Å². The Morgan fingerprint density at radius 2 is 1.55 bits per heavy atom. The Hall–Kier alpha value is -1.50. The molecule has 0 fully saturated rings. The molecule has 2 N–H and O–H groups in total. The minimum absolute atomic E-state index is 0.0448. The number of nitrogens with zero attached hydrogens (tertiary/aromatic N) is 2. The third-order valence-corrected chi connectivity index (χ3v) is 8.51. The molecule has 5 nitrogen and oxygen atoms in total. The highest BCUT2D eigenvalue weighted by atomic mass is 32.2. The minimum atomic E-state index is -3.62. The highest BCUT2D eigenvalue weighted by Gasteiger charge is 2.31. The predicted molar refractivity (Wildman–Crippen MR) is 140 cm³/mol. The summed E-state index contributed by atoms with van der Waals surface area (Å²) >= 11 is 0. The first kappa shape index (κ1) is 27.7. The lowest BCUT2D eigenvalue weighted by molar-refractivity contribution is 0.271. The summed E-state index contributed by atoms with van der Waals surface area (Å²) in [5, 5.41) is 1.63. The highest BCUT2D eigenvalue weighted by Crippen LogP contribution is 2.30. The minimum Gasteiger partial charge on any atom is -0.330 e. The van der Waals surface area contributed by atoms with Gasteiger partial charge in [-0.3, -0.25) is 4.98 Å². The van der Waals surface area contributed by atoms with Gasteiger partial charge < -0.3 is 5.73 Å². The van der Waals surface area contributed by atoms with E-state index in [1.54, 1.807) is 18.5 Å². The van der Waals surface area contributed by atoms with Crippen molar-refractivity contribution in [2.45, 2.75) is 108 Å². The highest BCUT2D eigenvalue weighted by molar-refractivity contribution is 7.89. The van der Waals surface area contributed by atoms with Gasteiger partial charge in [0.15, 0.2) is 0 Å². The van der Waals surface area contributed by atoms with Crippen LogP contribution in [0.15, 0.2) is 41.6 Å². The van der Waals surface area contributed by atoms with Gasteiger partial charge in [-0.2, -0.15) is 4.31 Å². The van der Waals surface area contributed by atoms with Crippen LogP contribution in [0.2, 0.25) is 0 Å². The molecule has 0 radical (unpaired) electrons. The van der Waals surface area contributed by atoms with E-state index in [-0.39, 0.29) is 6.04 Å². The van der Waals surface area contributed by atoms with E-state index in [1.807, 2.05) is 22.5 Å². The molecular weight excluding hydrogens is 430 g/mol. The van der Waals surface area contributed by atoms with Crippen LogP contribution in [-0.4, -0.2) is 36.8 Å². The second kappa shape index (κ2) is 15.4. The maximum Gasteiger partial charge on any atom is 0.243 e. The molecule has 0 aliphatic heterocycles. The predicted octanol–water partition coefficient (Wildman–Crippen LogP) is 6.66. The van der Waals surface area contributed by atoms with Gasteiger partial charge in [0.05, 0.1) is 4.90 Å². The molecular formula is C27H45N3O2S. The Morgan fingerprint density at radius 3 is 2.21 bits per heavy atom. The topological polar surface area (TPSA) is 76.3 Å². The van der Waals surface area contributed by atoms with E-state index in [0.717, 1.165) is 75.0 Å². The van der Waals surface area contributed by atoms with Crippen molar-refractivity contribution in [3.8, 4) is 0 Å². The summed E-state index contributed by atoms with van der Waals surface area (Å²) in [6, 6.07) is 7.41. The molecule has 1 aromatic carbocycles. The zero-order valence-electron chi connectivity index (χ0n) is 20.8. The number of benzene rings is 1. The number of sulfonamides is 1. The average Bonchev–Trinajstić information content (AvgIpc) is 2.83. The van der Waals surface area contributed by atoms with Crippen LogP contribution in [0.3, 0.4) is 0 Å². The molecule has 0 aliphatic rings. The molecule has 2 aromatic rings. The van der Waals surface area contributed by atoms with Crippen molar-refractivity contribution in [3.63, 3.8) is 0 Å². The molecule has 1 atom stereocenters. The van der Waals surface area contributed by atoms with Gasteiger partial charge in [-0.1, -0.05) is 83.8 Å². The fraction of sp³-hybridized carbons (Fsp3) is 0.667. The van der Waals surface area contributed by atoms with E-state index < -0.39 is 10.0 Å². The van der Waals surface area contributed by atoms with Crippen molar-refractivity contribution in [2.24, 2.45) is 5.73 Å². The van der Waals surface area contributed by atoms with Crippen LogP contribution >= 0.6 is 0 Å². The Balaban J connectivity index is 2.35. The Kier molecular flexibility index (Phi) is 13.0. The smallest absolute Gasteiger partial charge is 0.243 e. The van der Waals surface area contributed by atoms with Gasteiger partial charge in [0, 0.05) is 35.8 Å². The third kappa shape index (κ3) is 8.66. The summed E-state index contributed by atoms with van der Waals surface area (Å²) in [6.45, 7) is 5.69. The number of pyridine rings is 1. The molecule has 0 amide bonds. The molecule has 1 heterocycles. The van der Waals surface area contributed by atoms with Crippen LogP contribution in [0.4, 0.5) is 0 Å². The molecule has 33 heavy (non-hydrogen) atoms. The zero-order valence-corrected chi connectivity index (χ0v) is 21.7. The summed E-state index contributed by atoms with van der Waals surface area (Å²) in [5.41, 5.74) is 5.70. The van der Waals surface area contributed by atoms with Crippen molar-refractivity contribution in [2.75, 3.05) is 13.1 Å². The summed E-state index contributed by atoms with van der Waals surface area (Å²) in [5.74, 6) is 0. The van der Waals surface area contributed by atoms with Crippen LogP contribution in [0.25, 0.3) is 10.8 Å². The van der Waals surface area contributed by atoms with Gasteiger partial charge in [-0.05, 0) is 44.4 Å². The van der Waals surface area contributed by atoms with E-state index in [4.69, 9.17) is 5.73 Å². The second-order valence-electron chi connectivity index (χ2n) is 9.17. The van der Waals surface area contributed by atoms with Crippen molar-refractivity contribution < 1.29 is 8.42 Å². The number of hydrogen-bond donors (Lipinski definition) is 1. The number of aromatic nitrogens is 1. The standard InChI is InChI=1S/C27H45N3O2S/c1-3-5-7-10-16-25(17-11-9-12-20-28)30(22-13-8-6-4-2)33(31,32)27-18-14-15-24-23-29-21-19-26(24)27/h14-15,18-19,21,23,25H,3-13,16-17,20,22,28H2,1-2H3. The van der Waals surface area contributed by atoms with Crippen LogP contribution in [-0.2, 0) is 10.0 Å². The first-order chi connectivity index (χ1) is 16.1. The lowest BCUT2D eigenvalue weighted by atomic mass is 10.0. The molecule has 0 bridgehead atoms. The summed E-state index contributed by atoms with van der Waals surface area (Å²) in [6.07, 6.45) is 17.3. The lowest BCUT2D eigenvalue weighted by Crippen LogP contribution is -2.41. The van der Waals surface area contributed by atoms with E-state index in [1.165, 1.54) is 19.3 Å². The normalized spacial score (nSPS) is 13.1. The van der Waals surface area contributed by atoms with Crippen LogP contribution in [0.5, 0.6) is 0 Å². The fourth-order valence-corrected chi connectivity index (χ4v) is 6.52. The molecule has 1 unspecified atom stereocenters. The Bertz CT molecular complexity index is 884. The first-order valence-electron chi connectivity index (χ1n) is 13.1. The zero-order chi connectivity index (χ0) is 23.9. The number of hydrogen-bond acceptors (Lipinski definition) is 4. The number of rotatable bonds is 18. The molecule has 1 aromatic heterocycles. The van der Waals surface area contributed by atoms with Crippen LogP contribution in [0, 0.1) is 0 Å². The molecule has 186 valence electrons. The first-order valence-corrected chi connectivity index (χ1v) is 14.5. The van der Waals surface area contributed by atoms with E-state index in [9.17, 15) is 8.42 Å². The third-order valence-electron chi connectivity index (χ3n) is 6.50. The number of fused-ring (bicyclic) bond motifs is 1. The van der Waals surface area contributed by atoms with E-state index in [2.05, 4.69) is 18.8 Å². The molecule has 0 saturated carbocycles. The monoisotopic (exact) mass is 475 g/mol. The second-order valence-corrected chi connectivity index (χ2v) is 11.0. The average molecular weight is 476 g/mol. The van der Waals surface area contributed by atoms with Gasteiger partial charge in [0.1, 0.15) is 0 Å². The van der Waals surface area contributed by atoms with Gasteiger partial charge in [-0.25, -0.2) is 8.42 Å². The Morgan fingerprint density at radius 1 is 0.879 bits per heavy atom. The van der Waals surface area contributed by atoms with Crippen molar-refractivity contribution in [1.82, 2.24) is 9.29 Å². The quantitative estimate of drug-likeness (QED) is 0.244. The molecule has 0 saturated heterocycles. The number of nitrogens with two attached hydrogens (primary N) is 1. The summed E-state index contributed by atoms with van der Waals surface area (Å²) in [4.78, 5) is 4.60. The van der Waals surface area contributed by atoms with Crippen molar-refractivity contribution in [1.29, 1.82) is 0 Å². The maximum absolute atomic E-state index is 14.1. The van der Waals surface area contributed by atoms with E-state index >= 15 is 0 Å². The summed E-state index contributed by atoms with van der Waals surface area (Å²) in [7, 11) is -3.62. The largest absolute Gasteiger partial charge is 0.330 e. The van der Waals surface area contributed by atoms with Gasteiger partial charge in [-0.15, -0.1) is 0 Å². The lowest BCUT2D eigenvalue weighted by Gasteiger charge is -2.32. The Labute approximate surface area is 202 Å². The summed E-state index contributed by atoms with van der Waals surface area (Å²) < 4.78 is 30.1. The molecule has 6 heteroatoms. The molecule has 0 spiro atoms. The maximum atomic E-state index is 14.1. The van der Waals surface area contributed by atoms with Crippen LogP contribution in [0.1, 0.15) is 97.3 Å². The number of unbranched alkanes of at least 4 members (excludes halogenated alkanes) is 8. The van der Waals surface area contributed by atoms with Crippen molar-refractivity contribution in [3.05, 3.63) is 36.7 Å². The van der Waals surface area contributed by atoms with Crippen LogP contribution < -0.4 is 5.73 Å². The van der Waals surface area contributed by atoms with Gasteiger partial charge in [0.2, 0.25) is 10.0 Å². The van der Waals surface area contributed by atoms with Gasteiger partial charge in [0.25, 0.3) is 0 Å².